The first-order valence-electron chi connectivity index (χ1n) is 4.50. The van der Waals surface area contributed by atoms with Crippen LogP contribution in [0.15, 0.2) is 30.5 Å². The van der Waals surface area contributed by atoms with Crippen LogP contribution in [0.25, 0.3) is 10.9 Å². The van der Waals surface area contributed by atoms with Gasteiger partial charge in [-0.1, -0.05) is 18.2 Å². The molecule has 1 aromatic carbocycles. The van der Waals surface area contributed by atoms with Gasteiger partial charge < -0.3 is 9.90 Å². The number of nitrogens with zero attached hydrogens (tertiary/aromatic N) is 1. The number of benzene rings is 1. The number of carboxylic acid groups (broad SMARTS) is 1. The summed E-state index contributed by atoms with van der Waals surface area (Å²) in [6, 6.07) is 7.13. The minimum Gasteiger partial charge on any atom is -0.464 e. The van der Waals surface area contributed by atoms with E-state index in [1.54, 1.807) is 12.1 Å². The standard InChI is InChI=1S/C11H9NO3/c13-6-5-8-7-12(11(14)15)10-4-2-1-3-9(8)10/h1-4,6-7H,5H2,(H,14,15). The number of carbonyl (C=O) groups excluding carboxylic acids is 1. The van der Waals surface area contributed by atoms with E-state index in [4.69, 9.17) is 5.11 Å². The van der Waals surface area contributed by atoms with E-state index in [-0.39, 0.29) is 6.42 Å². The fraction of sp³-hybridized carbons (Fsp3) is 0.0909. The summed E-state index contributed by atoms with van der Waals surface area (Å²) in [5, 5.41) is 9.75. The minimum atomic E-state index is -1.04. The van der Waals surface area contributed by atoms with Crippen molar-refractivity contribution in [1.82, 2.24) is 4.57 Å². The Balaban J connectivity index is 2.72. The van der Waals surface area contributed by atoms with Gasteiger partial charge in [0.25, 0.3) is 0 Å². The van der Waals surface area contributed by atoms with Gasteiger partial charge in [-0.25, -0.2) is 4.79 Å². The minimum absolute atomic E-state index is 0.237. The van der Waals surface area contributed by atoms with Gasteiger partial charge in [-0.05, 0) is 11.6 Å². The molecule has 0 bridgehead atoms. The van der Waals surface area contributed by atoms with Crippen LogP contribution in [-0.2, 0) is 11.2 Å². The first-order chi connectivity index (χ1) is 7.24. The Morgan fingerprint density at radius 3 is 2.80 bits per heavy atom. The van der Waals surface area contributed by atoms with Gasteiger partial charge in [0.1, 0.15) is 6.29 Å². The molecule has 0 unspecified atom stereocenters. The normalized spacial score (nSPS) is 10.4. The molecule has 76 valence electrons. The number of aromatic nitrogens is 1. The molecule has 0 amide bonds. The van der Waals surface area contributed by atoms with Crippen LogP contribution in [-0.4, -0.2) is 22.1 Å². The van der Waals surface area contributed by atoms with Crippen LogP contribution in [0.3, 0.4) is 0 Å². The van der Waals surface area contributed by atoms with Gasteiger partial charge in [0.2, 0.25) is 0 Å². The number of para-hydroxylation sites is 1. The van der Waals surface area contributed by atoms with E-state index in [0.717, 1.165) is 21.8 Å². The molecule has 0 atom stereocenters. The first kappa shape index (κ1) is 9.45. The second-order valence-electron chi connectivity index (χ2n) is 3.19. The van der Waals surface area contributed by atoms with Crippen molar-refractivity contribution in [3.05, 3.63) is 36.0 Å². The average molecular weight is 203 g/mol. The van der Waals surface area contributed by atoms with Crippen LogP contribution < -0.4 is 0 Å². The van der Waals surface area contributed by atoms with E-state index in [1.165, 1.54) is 6.20 Å². The maximum absolute atomic E-state index is 10.9. The third-order valence-corrected chi connectivity index (χ3v) is 2.30. The molecule has 0 saturated heterocycles. The van der Waals surface area contributed by atoms with Crippen LogP contribution in [0, 0.1) is 0 Å². The van der Waals surface area contributed by atoms with Crippen molar-refractivity contribution in [2.24, 2.45) is 0 Å². The highest BCUT2D eigenvalue weighted by Gasteiger charge is 2.11. The number of carbonyl (C=O) groups is 2. The molecule has 0 aliphatic rings. The fourth-order valence-electron chi connectivity index (χ4n) is 1.66. The lowest BCUT2D eigenvalue weighted by atomic mass is 10.1. The Labute approximate surface area is 85.7 Å². The zero-order valence-electron chi connectivity index (χ0n) is 7.88. The predicted octanol–water partition coefficient (Wildman–Crippen LogP) is 1.91. The maximum Gasteiger partial charge on any atom is 0.416 e. The lowest BCUT2D eigenvalue weighted by Gasteiger charge is -1.95. The molecule has 1 heterocycles. The molecular formula is C11H9NO3. The van der Waals surface area contributed by atoms with Crippen molar-refractivity contribution in [3.8, 4) is 0 Å². The molecule has 2 rings (SSSR count). The number of fused-ring (bicyclic) bond motifs is 1. The monoisotopic (exact) mass is 203 g/mol. The molecule has 0 fully saturated rings. The van der Waals surface area contributed by atoms with Crippen molar-refractivity contribution >= 4 is 23.3 Å². The predicted molar refractivity (Wildman–Crippen MR) is 55.1 cm³/mol. The van der Waals surface area contributed by atoms with Crippen molar-refractivity contribution in [1.29, 1.82) is 0 Å². The second-order valence-corrected chi connectivity index (χ2v) is 3.19. The van der Waals surface area contributed by atoms with Gasteiger partial charge in [0, 0.05) is 18.0 Å². The Morgan fingerprint density at radius 2 is 2.13 bits per heavy atom. The van der Waals surface area contributed by atoms with E-state index in [1.807, 2.05) is 12.1 Å². The summed E-state index contributed by atoms with van der Waals surface area (Å²) in [7, 11) is 0. The molecule has 1 N–H and O–H groups in total. The highest BCUT2D eigenvalue weighted by Crippen LogP contribution is 2.20. The molecule has 0 spiro atoms. The second kappa shape index (κ2) is 3.57. The van der Waals surface area contributed by atoms with Crippen molar-refractivity contribution < 1.29 is 14.7 Å². The quantitative estimate of drug-likeness (QED) is 0.758. The van der Waals surface area contributed by atoms with Gasteiger partial charge in [0.15, 0.2) is 0 Å². The van der Waals surface area contributed by atoms with Crippen LogP contribution in [0.1, 0.15) is 5.56 Å². The first-order valence-corrected chi connectivity index (χ1v) is 4.50. The van der Waals surface area contributed by atoms with Gasteiger partial charge >= 0.3 is 6.09 Å². The highest BCUT2D eigenvalue weighted by atomic mass is 16.4. The van der Waals surface area contributed by atoms with Crippen LogP contribution >= 0.6 is 0 Å². The Morgan fingerprint density at radius 1 is 1.40 bits per heavy atom. The van der Waals surface area contributed by atoms with E-state index in [9.17, 15) is 9.59 Å². The van der Waals surface area contributed by atoms with Gasteiger partial charge in [-0.3, -0.25) is 4.57 Å². The van der Waals surface area contributed by atoms with Crippen LogP contribution in [0.4, 0.5) is 4.79 Å². The maximum atomic E-state index is 10.9. The third kappa shape index (κ3) is 1.50. The van der Waals surface area contributed by atoms with E-state index in [2.05, 4.69) is 0 Å². The Hall–Kier alpha value is -2.10. The topological polar surface area (TPSA) is 59.3 Å². The molecule has 0 aliphatic carbocycles. The molecule has 4 nitrogen and oxygen atoms in total. The third-order valence-electron chi connectivity index (χ3n) is 2.30. The van der Waals surface area contributed by atoms with Crippen LogP contribution in [0.2, 0.25) is 0 Å². The molecule has 0 aliphatic heterocycles. The van der Waals surface area contributed by atoms with Crippen molar-refractivity contribution in [2.45, 2.75) is 6.42 Å². The van der Waals surface area contributed by atoms with Crippen molar-refractivity contribution in [2.75, 3.05) is 0 Å². The fourth-order valence-corrected chi connectivity index (χ4v) is 1.66. The summed E-state index contributed by atoms with van der Waals surface area (Å²) in [4.78, 5) is 21.3. The zero-order chi connectivity index (χ0) is 10.8. The van der Waals surface area contributed by atoms with E-state index < -0.39 is 6.09 Å². The average Bonchev–Trinajstić information content (AvgIpc) is 2.59. The molecular weight excluding hydrogens is 194 g/mol. The summed E-state index contributed by atoms with van der Waals surface area (Å²) in [5.41, 5.74) is 1.35. The molecule has 0 radical (unpaired) electrons. The Bertz CT molecular complexity index is 528. The summed E-state index contributed by atoms with van der Waals surface area (Å²) < 4.78 is 1.13. The summed E-state index contributed by atoms with van der Waals surface area (Å²) in [6.07, 6.45) is 1.46. The molecule has 4 heteroatoms. The van der Waals surface area contributed by atoms with Gasteiger partial charge in [-0.2, -0.15) is 0 Å². The smallest absolute Gasteiger partial charge is 0.416 e. The SMILES string of the molecule is O=CCc1cn(C(=O)O)c2ccccc12. The number of rotatable bonds is 2. The van der Waals surface area contributed by atoms with E-state index in [0.29, 0.717) is 5.52 Å². The lowest BCUT2D eigenvalue weighted by Crippen LogP contribution is -2.05. The highest BCUT2D eigenvalue weighted by molar-refractivity contribution is 5.92. The van der Waals surface area contributed by atoms with Gasteiger partial charge in [0.05, 0.1) is 5.52 Å². The van der Waals surface area contributed by atoms with E-state index >= 15 is 0 Å². The Kier molecular flexibility index (Phi) is 2.25. The lowest BCUT2D eigenvalue weighted by molar-refractivity contribution is -0.107. The molecule has 1 aromatic heterocycles. The van der Waals surface area contributed by atoms with Crippen LogP contribution in [0.5, 0.6) is 0 Å². The number of hydrogen-bond acceptors (Lipinski definition) is 2. The summed E-state index contributed by atoms with van der Waals surface area (Å²) in [5.74, 6) is 0. The summed E-state index contributed by atoms with van der Waals surface area (Å²) in [6.45, 7) is 0. The number of hydrogen-bond donors (Lipinski definition) is 1. The molecule has 15 heavy (non-hydrogen) atoms. The van der Waals surface area contributed by atoms with Gasteiger partial charge in [-0.15, -0.1) is 0 Å². The summed E-state index contributed by atoms with van der Waals surface area (Å²) >= 11 is 0. The molecule has 2 aromatic rings. The largest absolute Gasteiger partial charge is 0.464 e. The van der Waals surface area contributed by atoms with Crippen molar-refractivity contribution in [3.63, 3.8) is 0 Å². The molecule has 0 saturated carbocycles. The number of aldehydes is 1. The zero-order valence-corrected chi connectivity index (χ0v) is 7.88.